The Labute approximate surface area is 204 Å². The van der Waals surface area contributed by atoms with Crippen LogP contribution in [0, 0.1) is 0 Å². The fourth-order valence-corrected chi connectivity index (χ4v) is 3.89. The fourth-order valence-electron chi connectivity index (χ4n) is 3.77. The van der Waals surface area contributed by atoms with E-state index in [1.807, 2.05) is 48.5 Å². The topological polar surface area (TPSA) is 74.4 Å². The highest BCUT2D eigenvalue weighted by atomic mass is 127. The molecule has 0 atom stereocenters. The van der Waals surface area contributed by atoms with Gasteiger partial charge in [-0.2, -0.15) is 0 Å². The first-order chi connectivity index (χ1) is 14.6. The first-order valence-corrected chi connectivity index (χ1v) is 10.6. The van der Waals surface area contributed by atoms with Crippen LogP contribution in [0.4, 0.5) is 11.4 Å². The Hall–Kier alpha value is -2.20. The first-order valence-electron chi connectivity index (χ1n) is 10.2. The van der Waals surface area contributed by atoms with Gasteiger partial charge in [-0.05, 0) is 42.8 Å². The van der Waals surface area contributed by atoms with Crippen molar-refractivity contribution in [3.8, 4) is 5.75 Å². The molecule has 1 fully saturated rings. The van der Waals surface area contributed by atoms with Gasteiger partial charge < -0.3 is 25.2 Å². The molecule has 1 amide bonds. The van der Waals surface area contributed by atoms with Gasteiger partial charge >= 0.3 is 0 Å². The Balaban J connectivity index is 0.00000272. The van der Waals surface area contributed by atoms with E-state index in [1.54, 1.807) is 4.90 Å². The minimum atomic E-state index is -0.0241. The molecule has 0 spiro atoms. The van der Waals surface area contributed by atoms with E-state index in [0.29, 0.717) is 19.0 Å². The lowest BCUT2D eigenvalue weighted by Gasteiger charge is -2.36. The molecular weight excluding hydrogens is 529 g/mol. The highest BCUT2D eigenvalue weighted by molar-refractivity contribution is 14.0. The summed E-state index contributed by atoms with van der Waals surface area (Å²) < 4.78 is 5.48. The van der Waals surface area contributed by atoms with Crippen molar-refractivity contribution in [3.63, 3.8) is 0 Å². The van der Waals surface area contributed by atoms with Crippen LogP contribution in [0.5, 0.6) is 5.75 Å². The maximum atomic E-state index is 12.2. The van der Waals surface area contributed by atoms with E-state index < -0.39 is 0 Å². The van der Waals surface area contributed by atoms with Crippen LogP contribution in [0.25, 0.3) is 0 Å². The molecule has 0 saturated carbocycles. The van der Waals surface area contributed by atoms with Crippen molar-refractivity contribution in [1.82, 2.24) is 4.90 Å². The predicted octanol–water partition coefficient (Wildman–Crippen LogP) is 3.21. The van der Waals surface area contributed by atoms with Gasteiger partial charge in [0.1, 0.15) is 5.75 Å². The van der Waals surface area contributed by atoms with E-state index in [0.717, 1.165) is 49.1 Å². The highest BCUT2D eigenvalue weighted by Gasteiger charge is 2.24. The summed E-state index contributed by atoms with van der Waals surface area (Å²) in [5, 5.41) is 0.746. The fraction of sp³-hybridized carbons (Fsp3) is 0.364. The Kier molecular flexibility index (Phi) is 8.25. The number of aliphatic imine (C=N–C) groups is 1. The van der Waals surface area contributed by atoms with Crippen LogP contribution in [0.3, 0.4) is 0 Å². The van der Waals surface area contributed by atoms with Crippen molar-refractivity contribution >= 4 is 58.8 Å². The molecule has 2 aliphatic heterocycles. The highest BCUT2D eigenvalue weighted by Crippen LogP contribution is 2.31. The normalized spacial score (nSPS) is 16.5. The third-order valence-corrected chi connectivity index (χ3v) is 5.67. The second-order valence-corrected chi connectivity index (χ2v) is 7.78. The van der Waals surface area contributed by atoms with Crippen molar-refractivity contribution in [2.75, 3.05) is 55.7 Å². The molecule has 166 valence electrons. The molecule has 2 heterocycles. The Bertz CT molecular complexity index is 916. The maximum Gasteiger partial charge on any atom is 0.265 e. The van der Waals surface area contributed by atoms with Crippen LogP contribution in [0.15, 0.2) is 53.5 Å². The van der Waals surface area contributed by atoms with E-state index in [9.17, 15) is 4.79 Å². The number of fused-ring (bicyclic) bond motifs is 1. The zero-order chi connectivity index (χ0) is 20.9. The van der Waals surface area contributed by atoms with Gasteiger partial charge in [0.15, 0.2) is 12.6 Å². The van der Waals surface area contributed by atoms with Crippen molar-refractivity contribution in [1.29, 1.82) is 0 Å². The summed E-state index contributed by atoms with van der Waals surface area (Å²) in [6.07, 6.45) is 0.742. The summed E-state index contributed by atoms with van der Waals surface area (Å²) in [6, 6.07) is 15.5. The molecule has 0 aromatic heterocycles. The molecule has 31 heavy (non-hydrogen) atoms. The number of para-hydroxylation sites is 2. The number of hydrogen-bond acceptors (Lipinski definition) is 4. The largest absolute Gasteiger partial charge is 0.482 e. The second-order valence-electron chi connectivity index (χ2n) is 7.35. The summed E-state index contributed by atoms with van der Waals surface area (Å²) in [5.41, 5.74) is 8.21. The van der Waals surface area contributed by atoms with E-state index in [4.69, 9.17) is 22.1 Å². The molecule has 0 bridgehead atoms. The predicted molar refractivity (Wildman–Crippen MR) is 136 cm³/mol. The molecule has 1 saturated heterocycles. The minimum Gasteiger partial charge on any atom is -0.482 e. The summed E-state index contributed by atoms with van der Waals surface area (Å²) in [7, 11) is 0. The SMILES string of the molecule is I.NC(=NCCCN1C(=O)COc2ccccc21)N1CCN(c2ccc(Cl)cc2)CC1. The number of nitrogens with two attached hydrogens (primary N) is 1. The quantitative estimate of drug-likeness (QED) is 0.266. The van der Waals surface area contributed by atoms with Gasteiger partial charge in [-0.15, -0.1) is 24.0 Å². The van der Waals surface area contributed by atoms with E-state index in [1.165, 1.54) is 5.69 Å². The Morgan fingerprint density at radius 1 is 1.06 bits per heavy atom. The van der Waals surface area contributed by atoms with Crippen molar-refractivity contribution in [3.05, 3.63) is 53.6 Å². The smallest absolute Gasteiger partial charge is 0.265 e. The molecule has 9 heteroatoms. The Morgan fingerprint density at radius 3 is 2.52 bits per heavy atom. The number of nitrogens with zero attached hydrogens (tertiary/aromatic N) is 4. The molecular formula is C22H27ClIN5O2. The summed E-state index contributed by atoms with van der Waals surface area (Å²) in [4.78, 5) is 23.0. The molecule has 0 unspecified atom stereocenters. The zero-order valence-corrected chi connectivity index (χ0v) is 20.3. The lowest BCUT2D eigenvalue weighted by molar-refractivity contribution is -0.121. The minimum absolute atomic E-state index is 0. The molecule has 0 aliphatic carbocycles. The number of ether oxygens (including phenoxy) is 1. The lowest BCUT2D eigenvalue weighted by Crippen LogP contribution is -2.51. The number of halogens is 2. The number of piperazine rings is 1. The first kappa shape index (κ1) is 23.5. The Morgan fingerprint density at radius 2 is 1.77 bits per heavy atom. The molecule has 2 aliphatic rings. The average molecular weight is 556 g/mol. The molecule has 2 aromatic carbocycles. The third-order valence-electron chi connectivity index (χ3n) is 5.42. The number of benzene rings is 2. The number of carbonyl (C=O) groups excluding carboxylic acids is 1. The standard InChI is InChI=1S/C22H26ClN5O2.HI/c23-17-6-8-18(9-7-17)26-12-14-27(15-13-26)22(24)25-10-3-11-28-19-4-1-2-5-20(19)30-16-21(28)29;/h1-2,4-9H,3,10-16H2,(H2,24,25);1H. The molecule has 7 nitrogen and oxygen atoms in total. The van der Waals surface area contributed by atoms with Gasteiger partial charge in [-0.3, -0.25) is 9.79 Å². The average Bonchev–Trinajstić information content (AvgIpc) is 2.78. The van der Waals surface area contributed by atoms with Crippen LogP contribution in [-0.4, -0.2) is 62.6 Å². The van der Waals surface area contributed by atoms with Crippen molar-refractivity contribution in [2.45, 2.75) is 6.42 Å². The van der Waals surface area contributed by atoms with Crippen molar-refractivity contribution in [2.24, 2.45) is 10.7 Å². The van der Waals surface area contributed by atoms with Gasteiger partial charge in [0.25, 0.3) is 5.91 Å². The van der Waals surface area contributed by atoms with Gasteiger partial charge in [-0.25, -0.2) is 0 Å². The monoisotopic (exact) mass is 555 g/mol. The third kappa shape index (κ3) is 5.74. The summed E-state index contributed by atoms with van der Waals surface area (Å²) >= 11 is 5.97. The van der Waals surface area contributed by atoms with Gasteiger partial charge in [0, 0.05) is 50.0 Å². The number of rotatable bonds is 5. The number of hydrogen-bond donors (Lipinski definition) is 1. The van der Waals surface area contributed by atoms with Crippen LogP contribution in [0.1, 0.15) is 6.42 Å². The number of carbonyl (C=O) groups is 1. The molecule has 4 rings (SSSR count). The zero-order valence-electron chi connectivity index (χ0n) is 17.2. The number of anilines is 2. The van der Waals surface area contributed by atoms with Crippen molar-refractivity contribution < 1.29 is 9.53 Å². The second kappa shape index (κ2) is 10.9. The molecule has 0 radical (unpaired) electrons. The van der Waals surface area contributed by atoms with Crippen LogP contribution in [-0.2, 0) is 4.79 Å². The summed E-state index contributed by atoms with van der Waals surface area (Å²) in [6.45, 7) is 4.69. The van der Waals surface area contributed by atoms with Gasteiger partial charge in [0.2, 0.25) is 0 Å². The lowest BCUT2D eigenvalue weighted by atomic mass is 10.2. The molecule has 2 N–H and O–H groups in total. The van der Waals surface area contributed by atoms with Gasteiger partial charge in [-0.1, -0.05) is 23.7 Å². The van der Waals surface area contributed by atoms with Crippen LogP contribution in [0.2, 0.25) is 5.02 Å². The van der Waals surface area contributed by atoms with E-state index >= 15 is 0 Å². The maximum absolute atomic E-state index is 12.2. The van der Waals surface area contributed by atoms with E-state index in [2.05, 4.69) is 14.8 Å². The van der Waals surface area contributed by atoms with Gasteiger partial charge in [0.05, 0.1) is 5.69 Å². The number of amides is 1. The molecule has 2 aromatic rings. The van der Waals surface area contributed by atoms with E-state index in [-0.39, 0.29) is 36.5 Å². The summed E-state index contributed by atoms with van der Waals surface area (Å²) in [5.74, 6) is 1.29. The van der Waals surface area contributed by atoms with Crippen LogP contribution < -0.4 is 20.3 Å². The number of guanidine groups is 1. The van der Waals surface area contributed by atoms with Crippen LogP contribution >= 0.6 is 35.6 Å².